The molecule has 1 aliphatic rings. The maximum Gasteiger partial charge on any atom is 0.262 e. The van der Waals surface area contributed by atoms with Crippen molar-refractivity contribution in [1.82, 2.24) is 0 Å². The van der Waals surface area contributed by atoms with Gasteiger partial charge in [-0.25, -0.2) is 4.39 Å². The molecule has 7 heteroatoms. The molecule has 3 aromatic carbocycles. The van der Waals surface area contributed by atoms with Crippen LogP contribution in [0.15, 0.2) is 72.8 Å². The van der Waals surface area contributed by atoms with E-state index in [1.165, 1.54) is 6.07 Å². The number of benzene rings is 3. The molecule has 0 aliphatic carbocycles. The second-order valence-electron chi connectivity index (χ2n) is 7.35. The number of carbonyl (C=O) groups excluding carboxylic acids is 1. The standard InChI is InChI=1S/C25H25FN2O4/c26-23-16-20(6-11-24(23)28-12-14-30-15-13-28)27-25(29)18-32-22-9-7-21(8-10-22)31-17-19-4-2-1-3-5-19/h1-11,16H,12-15,17-18H2,(H,27,29). The highest BCUT2D eigenvalue weighted by Crippen LogP contribution is 2.24. The van der Waals surface area contributed by atoms with Gasteiger partial charge in [0.1, 0.15) is 23.9 Å². The third-order valence-electron chi connectivity index (χ3n) is 5.03. The number of hydrogen-bond acceptors (Lipinski definition) is 5. The molecule has 3 aromatic rings. The minimum Gasteiger partial charge on any atom is -0.489 e. The average Bonchev–Trinajstić information content (AvgIpc) is 2.83. The molecule has 0 bridgehead atoms. The van der Waals surface area contributed by atoms with E-state index < -0.39 is 0 Å². The fourth-order valence-electron chi connectivity index (χ4n) is 3.36. The zero-order valence-corrected chi connectivity index (χ0v) is 17.6. The number of ether oxygens (including phenoxy) is 3. The molecule has 0 radical (unpaired) electrons. The van der Waals surface area contributed by atoms with E-state index >= 15 is 0 Å². The van der Waals surface area contributed by atoms with E-state index in [4.69, 9.17) is 14.2 Å². The predicted molar refractivity (Wildman–Crippen MR) is 121 cm³/mol. The molecule has 1 saturated heterocycles. The van der Waals surface area contributed by atoms with Gasteiger partial charge in [-0.2, -0.15) is 0 Å². The zero-order valence-electron chi connectivity index (χ0n) is 17.6. The summed E-state index contributed by atoms with van der Waals surface area (Å²) in [7, 11) is 0. The van der Waals surface area contributed by atoms with Crippen LogP contribution in [0.1, 0.15) is 5.56 Å². The first kappa shape index (κ1) is 21.6. The van der Waals surface area contributed by atoms with Crippen LogP contribution in [0.4, 0.5) is 15.8 Å². The van der Waals surface area contributed by atoms with Crippen LogP contribution in [0.3, 0.4) is 0 Å². The van der Waals surface area contributed by atoms with Crippen LogP contribution in [0, 0.1) is 5.82 Å². The van der Waals surface area contributed by atoms with Crippen molar-refractivity contribution in [2.24, 2.45) is 0 Å². The summed E-state index contributed by atoms with van der Waals surface area (Å²) in [5.74, 6) is 0.507. The van der Waals surface area contributed by atoms with Gasteiger partial charge in [0.05, 0.1) is 18.9 Å². The first-order valence-corrected chi connectivity index (χ1v) is 10.5. The van der Waals surface area contributed by atoms with Crippen LogP contribution < -0.4 is 19.7 Å². The Morgan fingerprint density at radius 2 is 1.62 bits per heavy atom. The van der Waals surface area contributed by atoms with Crippen LogP contribution in [0.2, 0.25) is 0 Å². The van der Waals surface area contributed by atoms with Crippen molar-refractivity contribution >= 4 is 17.3 Å². The topological polar surface area (TPSA) is 60.0 Å². The van der Waals surface area contributed by atoms with Gasteiger partial charge in [0, 0.05) is 18.8 Å². The number of morpholine rings is 1. The minimum atomic E-state index is -0.378. The molecule has 6 nitrogen and oxygen atoms in total. The summed E-state index contributed by atoms with van der Waals surface area (Å²) in [5.41, 5.74) is 1.98. The van der Waals surface area contributed by atoms with E-state index in [0.29, 0.717) is 55.8 Å². The van der Waals surface area contributed by atoms with Crippen molar-refractivity contribution in [3.63, 3.8) is 0 Å². The second-order valence-corrected chi connectivity index (χ2v) is 7.35. The minimum absolute atomic E-state index is 0.183. The number of nitrogens with zero attached hydrogens (tertiary/aromatic N) is 1. The molecule has 32 heavy (non-hydrogen) atoms. The number of nitrogens with one attached hydrogen (secondary N) is 1. The fourth-order valence-corrected chi connectivity index (χ4v) is 3.36. The lowest BCUT2D eigenvalue weighted by atomic mass is 10.2. The Hall–Kier alpha value is -3.58. The highest BCUT2D eigenvalue weighted by atomic mass is 19.1. The summed E-state index contributed by atoms with van der Waals surface area (Å²) in [6, 6.07) is 21.6. The maximum atomic E-state index is 14.5. The van der Waals surface area contributed by atoms with E-state index in [1.54, 1.807) is 36.4 Å². The summed E-state index contributed by atoms with van der Waals surface area (Å²) < 4.78 is 31.0. The van der Waals surface area contributed by atoms with Gasteiger partial charge in [-0.05, 0) is 48.0 Å². The number of carbonyl (C=O) groups is 1. The third-order valence-corrected chi connectivity index (χ3v) is 5.03. The predicted octanol–water partition coefficient (Wildman–Crippen LogP) is 4.26. The molecule has 1 heterocycles. The molecule has 0 aromatic heterocycles. The largest absolute Gasteiger partial charge is 0.489 e. The van der Waals surface area contributed by atoms with Gasteiger partial charge < -0.3 is 24.4 Å². The Balaban J connectivity index is 1.24. The van der Waals surface area contributed by atoms with Crippen molar-refractivity contribution in [2.75, 3.05) is 43.1 Å². The van der Waals surface area contributed by atoms with Crippen molar-refractivity contribution in [3.05, 3.63) is 84.2 Å². The van der Waals surface area contributed by atoms with Crippen LogP contribution in [-0.4, -0.2) is 38.8 Å². The van der Waals surface area contributed by atoms with Crippen molar-refractivity contribution in [1.29, 1.82) is 0 Å². The lowest BCUT2D eigenvalue weighted by molar-refractivity contribution is -0.118. The lowest BCUT2D eigenvalue weighted by Gasteiger charge is -2.29. The first-order valence-electron chi connectivity index (χ1n) is 10.5. The summed E-state index contributed by atoms with van der Waals surface area (Å²) in [6.07, 6.45) is 0. The number of halogens is 1. The van der Waals surface area contributed by atoms with Crippen molar-refractivity contribution < 1.29 is 23.4 Å². The Bertz CT molecular complexity index is 1020. The number of hydrogen-bond donors (Lipinski definition) is 1. The van der Waals surface area contributed by atoms with E-state index in [1.807, 2.05) is 35.2 Å². The summed E-state index contributed by atoms with van der Waals surface area (Å²) in [6.45, 7) is 2.74. The van der Waals surface area contributed by atoms with Gasteiger partial charge in [-0.15, -0.1) is 0 Å². The molecule has 1 aliphatic heterocycles. The van der Waals surface area contributed by atoms with Gasteiger partial charge >= 0.3 is 0 Å². The maximum absolute atomic E-state index is 14.5. The molecule has 1 fully saturated rings. The van der Waals surface area contributed by atoms with Crippen LogP contribution >= 0.6 is 0 Å². The summed E-state index contributed by atoms with van der Waals surface area (Å²) in [5, 5.41) is 2.66. The van der Waals surface area contributed by atoms with Gasteiger partial charge in [-0.3, -0.25) is 4.79 Å². The molecule has 0 unspecified atom stereocenters. The summed E-state index contributed by atoms with van der Waals surface area (Å²) >= 11 is 0. The molecule has 0 saturated carbocycles. The second kappa shape index (κ2) is 10.6. The molecular weight excluding hydrogens is 411 g/mol. The number of amides is 1. The monoisotopic (exact) mass is 436 g/mol. The van der Waals surface area contributed by atoms with Crippen LogP contribution in [0.25, 0.3) is 0 Å². The zero-order chi connectivity index (χ0) is 22.2. The normalized spacial score (nSPS) is 13.5. The molecule has 0 spiro atoms. The molecule has 4 rings (SSSR count). The van der Waals surface area contributed by atoms with Gasteiger partial charge in [-0.1, -0.05) is 30.3 Å². The van der Waals surface area contributed by atoms with Gasteiger partial charge in [0.2, 0.25) is 0 Å². The SMILES string of the molecule is O=C(COc1ccc(OCc2ccccc2)cc1)Nc1ccc(N2CCOCC2)c(F)c1. The smallest absolute Gasteiger partial charge is 0.262 e. The molecule has 1 N–H and O–H groups in total. The van der Waals surface area contributed by atoms with Gasteiger partial charge in [0.25, 0.3) is 5.91 Å². The lowest BCUT2D eigenvalue weighted by Crippen LogP contribution is -2.36. The van der Waals surface area contributed by atoms with Crippen LogP contribution in [-0.2, 0) is 16.1 Å². The molecule has 1 amide bonds. The number of rotatable bonds is 8. The Morgan fingerprint density at radius 3 is 2.31 bits per heavy atom. The Labute approximate surface area is 186 Å². The van der Waals surface area contributed by atoms with Gasteiger partial charge in [0.15, 0.2) is 6.61 Å². The van der Waals surface area contributed by atoms with E-state index in [-0.39, 0.29) is 18.3 Å². The molecular formula is C25H25FN2O4. The molecule has 0 atom stereocenters. The van der Waals surface area contributed by atoms with Crippen molar-refractivity contribution in [3.8, 4) is 11.5 Å². The Morgan fingerprint density at radius 1 is 0.938 bits per heavy atom. The Kier molecular flexibility index (Phi) is 7.19. The van der Waals surface area contributed by atoms with Crippen LogP contribution in [0.5, 0.6) is 11.5 Å². The highest BCUT2D eigenvalue weighted by molar-refractivity contribution is 5.92. The first-order chi connectivity index (χ1) is 15.7. The van der Waals surface area contributed by atoms with Crippen molar-refractivity contribution in [2.45, 2.75) is 6.61 Å². The quantitative estimate of drug-likeness (QED) is 0.572. The molecule has 166 valence electrons. The average molecular weight is 436 g/mol. The van der Waals surface area contributed by atoms with E-state index in [0.717, 1.165) is 5.56 Å². The number of anilines is 2. The van der Waals surface area contributed by atoms with E-state index in [2.05, 4.69) is 5.32 Å². The third kappa shape index (κ3) is 5.98. The fraction of sp³-hybridized carbons (Fsp3) is 0.240. The highest BCUT2D eigenvalue weighted by Gasteiger charge is 2.16. The summed E-state index contributed by atoms with van der Waals surface area (Å²) in [4.78, 5) is 14.1. The van der Waals surface area contributed by atoms with E-state index in [9.17, 15) is 9.18 Å².